The van der Waals surface area contributed by atoms with Gasteiger partial charge in [0, 0.05) is 24.3 Å². The lowest BCUT2D eigenvalue weighted by Crippen LogP contribution is -2.13. The van der Waals surface area contributed by atoms with Gasteiger partial charge in [0.25, 0.3) is 5.91 Å². The van der Waals surface area contributed by atoms with Crippen LogP contribution in [0.1, 0.15) is 16.1 Å². The van der Waals surface area contributed by atoms with E-state index < -0.39 is 0 Å². The second-order valence-corrected chi connectivity index (χ2v) is 6.08. The van der Waals surface area contributed by atoms with E-state index in [0.717, 1.165) is 10.7 Å². The Balaban J connectivity index is 0.00000169. The molecule has 0 bridgehead atoms. The lowest BCUT2D eigenvalue weighted by molar-refractivity contribution is 0.102. The van der Waals surface area contributed by atoms with Crippen molar-refractivity contribution in [2.75, 3.05) is 5.32 Å². The van der Waals surface area contributed by atoms with E-state index in [1.165, 1.54) is 18.0 Å². The summed E-state index contributed by atoms with van der Waals surface area (Å²) < 4.78 is 0. The Morgan fingerprint density at radius 1 is 0.962 bits per heavy atom. The molecule has 0 aliphatic rings. The van der Waals surface area contributed by atoms with Gasteiger partial charge in [-0.25, -0.2) is 9.97 Å². The van der Waals surface area contributed by atoms with Crippen LogP contribution in [0.25, 0.3) is 0 Å². The van der Waals surface area contributed by atoms with Crippen molar-refractivity contribution in [2.24, 2.45) is 0 Å². The van der Waals surface area contributed by atoms with Crippen molar-refractivity contribution in [3.63, 3.8) is 0 Å². The van der Waals surface area contributed by atoms with Gasteiger partial charge in [-0.2, -0.15) is 0 Å². The molecule has 3 aromatic heterocycles. The molecule has 3 heterocycles. The SMILES string of the molecule is Cl.Cl.O=C(Nc1cccnc1SCc1ccccn1)c1cccnc1Cl. The van der Waals surface area contributed by atoms with Crippen molar-refractivity contribution in [1.82, 2.24) is 15.0 Å². The van der Waals surface area contributed by atoms with Crippen LogP contribution >= 0.6 is 48.2 Å². The first-order valence-corrected chi connectivity index (χ1v) is 8.50. The van der Waals surface area contributed by atoms with Crippen LogP contribution in [0.4, 0.5) is 5.69 Å². The van der Waals surface area contributed by atoms with Crippen LogP contribution in [0.15, 0.2) is 66.1 Å². The molecular formula is C17H15Cl3N4OS. The Morgan fingerprint density at radius 2 is 1.69 bits per heavy atom. The highest BCUT2D eigenvalue weighted by Gasteiger charge is 2.13. The number of rotatable bonds is 5. The van der Waals surface area contributed by atoms with Crippen LogP contribution in [-0.2, 0) is 5.75 Å². The van der Waals surface area contributed by atoms with Gasteiger partial charge in [0.05, 0.1) is 16.9 Å². The van der Waals surface area contributed by atoms with E-state index in [4.69, 9.17) is 11.6 Å². The minimum Gasteiger partial charge on any atom is -0.320 e. The number of anilines is 1. The molecular weight excluding hydrogens is 415 g/mol. The maximum atomic E-state index is 12.4. The fraction of sp³-hybridized carbons (Fsp3) is 0.0588. The summed E-state index contributed by atoms with van der Waals surface area (Å²) in [4.78, 5) is 24.9. The molecule has 0 radical (unpaired) electrons. The number of carbonyl (C=O) groups excluding carboxylic acids is 1. The molecule has 0 aromatic carbocycles. The summed E-state index contributed by atoms with van der Waals surface area (Å²) in [5, 5.41) is 3.72. The molecule has 1 amide bonds. The van der Waals surface area contributed by atoms with Gasteiger partial charge in [0.2, 0.25) is 0 Å². The van der Waals surface area contributed by atoms with E-state index in [2.05, 4.69) is 20.3 Å². The van der Waals surface area contributed by atoms with Crippen molar-refractivity contribution in [1.29, 1.82) is 0 Å². The minimum atomic E-state index is -0.319. The van der Waals surface area contributed by atoms with Gasteiger partial charge >= 0.3 is 0 Å². The van der Waals surface area contributed by atoms with Crippen LogP contribution < -0.4 is 5.32 Å². The number of carbonyl (C=O) groups is 1. The molecule has 26 heavy (non-hydrogen) atoms. The van der Waals surface area contributed by atoms with Crippen LogP contribution in [0.3, 0.4) is 0 Å². The Hall–Kier alpha value is -1.86. The molecule has 0 aliphatic carbocycles. The van der Waals surface area contributed by atoms with Crippen molar-refractivity contribution < 1.29 is 4.79 Å². The minimum absolute atomic E-state index is 0. The van der Waals surface area contributed by atoms with E-state index in [1.54, 1.807) is 36.7 Å². The van der Waals surface area contributed by atoms with Gasteiger partial charge in [0.1, 0.15) is 10.2 Å². The van der Waals surface area contributed by atoms with E-state index in [0.29, 0.717) is 17.0 Å². The molecule has 3 aromatic rings. The highest BCUT2D eigenvalue weighted by molar-refractivity contribution is 7.98. The van der Waals surface area contributed by atoms with Gasteiger partial charge in [-0.05, 0) is 36.4 Å². The molecule has 0 fully saturated rings. The average Bonchev–Trinajstić information content (AvgIpc) is 2.62. The summed E-state index contributed by atoms with van der Waals surface area (Å²) in [5.41, 5.74) is 1.90. The number of nitrogens with zero attached hydrogens (tertiary/aromatic N) is 3. The predicted octanol–water partition coefficient (Wildman–Crippen LogP) is 4.91. The smallest absolute Gasteiger partial charge is 0.258 e. The summed E-state index contributed by atoms with van der Waals surface area (Å²) in [5.74, 6) is 0.342. The molecule has 0 atom stereocenters. The van der Waals surface area contributed by atoms with Crippen molar-refractivity contribution in [3.8, 4) is 0 Å². The molecule has 1 N–H and O–H groups in total. The van der Waals surface area contributed by atoms with Gasteiger partial charge in [-0.1, -0.05) is 29.4 Å². The lowest BCUT2D eigenvalue weighted by Gasteiger charge is -2.10. The monoisotopic (exact) mass is 428 g/mol. The van der Waals surface area contributed by atoms with E-state index in [9.17, 15) is 4.79 Å². The first-order valence-electron chi connectivity index (χ1n) is 7.13. The molecule has 9 heteroatoms. The number of nitrogens with one attached hydrogen (secondary N) is 1. The Bertz CT molecular complexity index is 852. The Morgan fingerprint density at radius 3 is 2.42 bits per heavy atom. The van der Waals surface area contributed by atoms with Crippen molar-refractivity contribution in [3.05, 3.63) is 77.5 Å². The second-order valence-electron chi connectivity index (χ2n) is 4.76. The van der Waals surface area contributed by atoms with E-state index >= 15 is 0 Å². The molecule has 0 saturated carbocycles. The quantitative estimate of drug-likeness (QED) is 0.461. The summed E-state index contributed by atoms with van der Waals surface area (Å²) in [6.07, 6.45) is 4.98. The normalized spacial score (nSPS) is 9.58. The molecule has 0 aliphatic heterocycles. The third-order valence-electron chi connectivity index (χ3n) is 3.11. The zero-order valence-electron chi connectivity index (χ0n) is 13.3. The van der Waals surface area contributed by atoms with Crippen LogP contribution in [0.5, 0.6) is 0 Å². The number of thioether (sulfide) groups is 1. The third-order valence-corrected chi connectivity index (χ3v) is 4.45. The fourth-order valence-corrected chi connectivity index (χ4v) is 3.04. The molecule has 136 valence electrons. The van der Waals surface area contributed by atoms with Crippen LogP contribution in [0, 0.1) is 0 Å². The highest BCUT2D eigenvalue weighted by atomic mass is 35.5. The van der Waals surface area contributed by atoms with Gasteiger partial charge in [-0.3, -0.25) is 9.78 Å². The molecule has 3 rings (SSSR count). The molecule has 0 saturated heterocycles. The number of amides is 1. The summed E-state index contributed by atoms with van der Waals surface area (Å²) in [7, 11) is 0. The lowest BCUT2D eigenvalue weighted by atomic mass is 10.2. The van der Waals surface area contributed by atoms with Crippen LogP contribution in [-0.4, -0.2) is 20.9 Å². The molecule has 5 nitrogen and oxygen atoms in total. The average molecular weight is 430 g/mol. The largest absolute Gasteiger partial charge is 0.320 e. The first-order chi connectivity index (χ1) is 11.7. The maximum absolute atomic E-state index is 12.4. The van der Waals surface area contributed by atoms with Crippen molar-refractivity contribution >= 4 is 59.8 Å². The standard InChI is InChI=1S/C17H13ClN4OS.2ClH/c18-15-13(6-3-9-20-15)16(23)22-14-7-4-10-21-17(14)24-11-12-5-1-2-8-19-12;;/h1-10H,11H2,(H,22,23);2*1H. The van der Waals surface area contributed by atoms with Crippen LogP contribution in [0.2, 0.25) is 5.15 Å². The maximum Gasteiger partial charge on any atom is 0.258 e. The number of hydrogen-bond acceptors (Lipinski definition) is 5. The van der Waals surface area contributed by atoms with E-state index in [-0.39, 0.29) is 35.9 Å². The topological polar surface area (TPSA) is 67.8 Å². The highest BCUT2D eigenvalue weighted by Crippen LogP contribution is 2.27. The first kappa shape index (κ1) is 22.2. The number of aromatic nitrogens is 3. The number of hydrogen-bond donors (Lipinski definition) is 1. The number of pyridine rings is 3. The molecule has 0 unspecified atom stereocenters. The zero-order chi connectivity index (χ0) is 16.8. The Labute approximate surface area is 172 Å². The predicted molar refractivity (Wildman–Crippen MR) is 110 cm³/mol. The summed E-state index contributed by atoms with van der Waals surface area (Å²) >= 11 is 7.47. The fourth-order valence-electron chi connectivity index (χ4n) is 1.97. The number of halogens is 3. The Kier molecular flexibility index (Phi) is 9.37. The third kappa shape index (κ3) is 5.85. The van der Waals surface area contributed by atoms with Gasteiger partial charge in [0.15, 0.2) is 0 Å². The zero-order valence-corrected chi connectivity index (χ0v) is 16.5. The summed E-state index contributed by atoms with van der Waals surface area (Å²) in [6.45, 7) is 0. The summed E-state index contributed by atoms with van der Waals surface area (Å²) in [6, 6.07) is 12.6. The molecule has 0 spiro atoms. The van der Waals surface area contributed by atoms with Crippen molar-refractivity contribution in [2.45, 2.75) is 10.8 Å². The second kappa shape index (κ2) is 11.0. The van der Waals surface area contributed by atoms with E-state index in [1.807, 2.05) is 18.2 Å². The van der Waals surface area contributed by atoms with Gasteiger partial charge < -0.3 is 5.32 Å². The van der Waals surface area contributed by atoms with Gasteiger partial charge in [-0.15, -0.1) is 24.8 Å².